The number of nitrogens with one attached hydrogen (secondary N) is 1. The lowest BCUT2D eigenvalue weighted by Crippen LogP contribution is -2.46. The Morgan fingerprint density at radius 3 is 2.59 bits per heavy atom. The third-order valence-electron chi connectivity index (χ3n) is 3.37. The molecule has 22 heavy (non-hydrogen) atoms. The molecule has 0 radical (unpaired) electrons. The van der Waals surface area contributed by atoms with Gasteiger partial charge in [-0.15, -0.1) is 0 Å². The van der Waals surface area contributed by atoms with Gasteiger partial charge in [0.1, 0.15) is 6.10 Å². The minimum absolute atomic E-state index is 0.0579. The molecule has 1 fully saturated rings. The molecule has 1 amide bonds. The summed E-state index contributed by atoms with van der Waals surface area (Å²) in [6, 6.07) is 3.89. The molecular weight excluding hydrogens is 348 g/mol. The maximum atomic E-state index is 11.7. The Balaban J connectivity index is 1.71. The molecule has 1 aromatic rings. The molecule has 1 atom stereocenters. The first kappa shape index (κ1) is 17.2. The summed E-state index contributed by atoms with van der Waals surface area (Å²) < 4.78 is 12.2. The zero-order valence-electron chi connectivity index (χ0n) is 13.4. The molecule has 0 aromatic carbocycles. The fourth-order valence-electron chi connectivity index (χ4n) is 2.20. The molecule has 1 saturated carbocycles. The number of ether oxygens (including phenoxy) is 2. The summed E-state index contributed by atoms with van der Waals surface area (Å²) in [6.45, 7) is 7.76. The molecule has 1 unspecified atom stereocenters. The smallest absolute Gasteiger partial charge is 0.407 e. The minimum atomic E-state index is -0.362. The van der Waals surface area contributed by atoms with E-state index < -0.39 is 0 Å². The van der Waals surface area contributed by atoms with E-state index in [-0.39, 0.29) is 29.9 Å². The summed E-state index contributed by atoms with van der Waals surface area (Å²) in [5.41, 5.74) is 0.622. The molecule has 1 N–H and O–H groups in total. The Bertz CT molecular complexity index is 507. The first-order valence-corrected chi connectivity index (χ1v) is 8.28. The Kier molecular flexibility index (Phi) is 5.45. The highest BCUT2D eigenvalue weighted by Gasteiger charge is 2.35. The average Bonchev–Trinajstić information content (AvgIpc) is 2.34. The van der Waals surface area contributed by atoms with Crippen molar-refractivity contribution < 1.29 is 14.3 Å². The third kappa shape index (κ3) is 5.25. The van der Waals surface area contributed by atoms with Gasteiger partial charge < -0.3 is 14.8 Å². The molecule has 5 nitrogen and oxygen atoms in total. The summed E-state index contributed by atoms with van der Waals surface area (Å²) in [7, 11) is 0. The number of halogens is 1. The van der Waals surface area contributed by atoms with Crippen LogP contribution in [0.3, 0.4) is 0 Å². The molecule has 6 heteroatoms. The van der Waals surface area contributed by atoms with Crippen LogP contribution in [0.15, 0.2) is 22.8 Å². The molecule has 0 saturated heterocycles. The maximum Gasteiger partial charge on any atom is 0.407 e. The van der Waals surface area contributed by atoms with Gasteiger partial charge in [-0.2, -0.15) is 0 Å². The van der Waals surface area contributed by atoms with E-state index in [1.165, 1.54) is 0 Å². The number of alkyl carbamates (subject to hydrolysis) is 1. The maximum absolute atomic E-state index is 11.7. The molecule has 1 aliphatic rings. The highest BCUT2D eigenvalue weighted by molar-refractivity contribution is 9.10. The number of aromatic nitrogens is 1. The van der Waals surface area contributed by atoms with Gasteiger partial charge in [0.05, 0.1) is 17.9 Å². The normalized spacial score (nSPS) is 22.6. The monoisotopic (exact) mass is 370 g/mol. The number of hydrogen-bond acceptors (Lipinski definition) is 4. The van der Waals surface area contributed by atoms with Crippen LogP contribution in [0.2, 0.25) is 0 Å². The van der Waals surface area contributed by atoms with E-state index in [9.17, 15) is 4.79 Å². The lowest BCUT2D eigenvalue weighted by atomic mass is 9.91. The van der Waals surface area contributed by atoms with Crippen LogP contribution in [-0.2, 0) is 9.47 Å². The Hall–Kier alpha value is -1.14. The van der Waals surface area contributed by atoms with Gasteiger partial charge in [-0.3, -0.25) is 4.98 Å². The van der Waals surface area contributed by atoms with Crippen LogP contribution >= 0.6 is 15.9 Å². The Morgan fingerprint density at radius 2 is 2.05 bits per heavy atom. The molecule has 0 bridgehead atoms. The highest BCUT2D eigenvalue weighted by Crippen LogP contribution is 2.31. The van der Waals surface area contributed by atoms with Crippen molar-refractivity contribution in [1.29, 1.82) is 0 Å². The van der Waals surface area contributed by atoms with Gasteiger partial charge in [0.15, 0.2) is 0 Å². The lowest BCUT2D eigenvalue weighted by Gasteiger charge is -2.36. The van der Waals surface area contributed by atoms with Gasteiger partial charge >= 0.3 is 6.09 Å². The van der Waals surface area contributed by atoms with Gasteiger partial charge in [-0.1, -0.05) is 0 Å². The van der Waals surface area contributed by atoms with E-state index >= 15 is 0 Å². The van der Waals surface area contributed by atoms with Crippen molar-refractivity contribution in [3.63, 3.8) is 0 Å². The van der Waals surface area contributed by atoms with Gasteiger partial charge in [-0.25, -0.2) is 4.79 Å². The highest BCUT2D eigenvalue weighted by atomic mass is 79.9. The molecule has 1 aliphatic carbocycles. The zero-order chi connectivity index (χ0) is 16.3. The standard InChI is InChI=1S/C16H23BrN2O3/c1-10(14-6-5-11(17)9-18-14)21-12-7-13(8-12)22-15(20)19-16(2,3)4/h5-6,9-10,12-13H,7-8H2,1-4H3,(H,19,20). The van der Waals surface area contributed by atoms with Crippen molar-refractivity contribution in [2.45, 2.75) is 64.4 Å². The number of rotatable bonds is 4. The van der Waals surface area contributed by atoms with Crippen LogP contribution in [0.25, 0.3) is 0 Å². The number of carbonyl (C=O) groups excluding carboxylic acids is 1. The summed E-state index contributed by atoms with van der Waals surface area (Å²) in [4.78, 5) is 16.0. The van der Waals surface area contributed by atoms with Crippen LogP contribution in [0.1, 0.15) is 52.3 Å². The molecule has 0 aliphatic heterocycles. The van der Waals surface area contributed by atoms with Crippen molar-refractivity contribution in [2.75, 3.05) is 0 Å². The summed E-state index contributed by atoms with van der Waals surface area (Å²) in [5.74, 6) is 0. The van der Waals surface area contributed by atoms with Crippen LogP contribution in [0.5, 0.6) is 0 Å². The molecule has 2 rings (SSSR count). The number of pyridine rings is 1. The van der Waals surface area contributed by atoms with Crippen molar-refractivity contribution in [3.8, 4) is 0 Å². The van der Waals surface area contributed by atoms with Gasteiger partial charge in [-0.05, 0) is 55.8 Å². The summed E-state index contributed by atoms with van der Waals surface area (Å²) >= 11 is 3.36. The van der Waals surface area contributed by atoms with Gasteiger partial charge in [0.25, 0.3) is 0 Å². The summed E-state index contributed by atoms with van der Waals surface area (Å²) in [6.07, 6.45) is 2.86. The lowest BCUT2D eigenvalue weighted by molar-refractivity contribution is -0.104. The first-order chi connectivity index (χ1) is 10.2. The number of hydrogen-bond donors (Lipinski definition) is 1. The SMILES string of the molecule is CC(OC1CC(OC(=O)NC(C)(C)C)C1)c1ccc(Br)cn1. The zero-order valence-corrected chi connectivity index (χ0v) is 15.0. The third-order valence-corrected chi connectivity index (χ3v) is 3.83. The van der Waals surface area contributed by atoms with E-state index in [2.05, 4.69) is 26.2 Å². The summed E-state index contributed by atoms with van der Waals surface area (Å²) in [5, 5.41) is 2.79. The molecule has 1 heterocycles. The fourth-order valence-corrected chi connectivity index (χ4v) is 2.43. The first-order valence-electron chi connectivity index (χ1n) is 7.48. The van der Waals surface area contributed by atoms with Crippen LogP contribution in [-0.4, -0.2) is 28.8 Å². The number of carbonyl (C=O) groups is 1. The predicted octanol–water partition coefficient (Wildman–Crippen LogP) is 3.98. The number of amides is 1. The van der Waals surface area contributed by atoms with Gasteiger partial charge in [0, 0.05) is 29.1 Å². The van der Waals surface area contributed by atoms with Crippen molar-refractivity contribution in [3.05, 3.63) is 28.5 Å². The molecule has 0 spiro atoms. The van der Waals surface area contributed by atoms with E-state index in [4.69, 9.17) is 9.47 Å². The largest absolute Gasteiger partial charge is 0.446 e. The predicted molar refractivity (Wildman–Crippen MR) is 87.6 cm³/mol. The quantitative estimate of drug-likeness (QED) is 0.870. The Morgan fingerprint density at radius 1 is 1.36 bits per heavy atom. The van der Waals surface area contributed by atoms with Crippen molar-refractivity contribution >= 4 is 22.0 Å². The Labute approximate surface area is 139 Å². The van der Waals surface area contributed by atoms with E-state index in [1.807, 2.05) is 39.8 Å². The van der Waals surface area contributed by atoms with Crippen LogP contribution < -0.4 is 5.32 Å². The minimum Gasteiger partial charge on any atom is -0.446 e. The molecule has 1 aromatic heterocycles. The second-order valence-electron chi connectivity index (χ2n) is 6.68. The van der Waals surface area contributed by atoms with Crippen LogP contribution in [0, 0.1) is 0 Å². The van der Waals surface area contributed by atoms with E-state index in [1.54, 1.807) is 6.20 Å². The van der Waals surface area contributed by atoms with Crippen LogP contribution in [0.4, 0.5) is 4.79 Å². The van der Waals surface area contributed by atoms with Crippen molar-refractivity contribution in [1.82, 2.24) is 10.3 Å². The average molecular weight is 371 g/mol. The second-order valence-corrected chi connectivity index (χ2v) is 7.59. The number of nitrogens with zero attached hydrogens (tertiary/aromatic N) is 1. The fraction of sp³-hybridized carbons (Fsp3) is 0.625. The molecular formula is C16H23BrN2O3. The van der Waals surface area contributed by atoms with Crippen molar-refractivity contribution in [2.24, 2.45) is 0 Å². The van der Waals surface area contributed by atoms with E-state index in [0.717, 1.165) is 23.0 Å². The van der Waals surface area contributed by atoms with Gasteiger partial charge in [0.2, 0.25) is 0 Å². The topological polar surface area (TPSA) is 60.5 Å². The second kappa shape index (κ2) is 6.96. The molecule has 122 valence electrons. The van der Waals surface area contributed by atoms with E-state index in [0.29, 0.717) is 0 Å².